The lowest BCUT2D eigenvalue weighted by Gasteiger charge is -1.71. The summed E-state index contributed by atoms with van der Waals surface area (Å²) in [6.45, 7) is 4.13. The van der Waals surface area contributed by atoms with Crippen molar-refractivity contribution in [3.8, 4) is 0 Å². The van der Waals surface area contributed by atoms with Gasteiger partial charge >= 0.3 is 0 Å². The van der Waals surface area contributed by atoms with Crippen LogP contribution in [0, 0.1) is 0 Å². The van der Waals surface area contributed by atoms with Crippen molar-refractivity contribution >= 4 is 23.5 Å². The molecule has 0 unspecified atom stereocenters. The first kappa shape index (κ1) is 6.56. The van der Waals surface area contributed by atoms with Crippen molar-refractivity contribution in [2.24, 2.45) is 0 Å². The Morgan fingerprint density at radius 2 is 2.11 bits per heavy atom. The lowest BCUT2D eigenvalue weighted by molar-refractivity contribution is 1.66. The minimum Gasteiger partial charge on any atom is -0.144 e. The number of hydrogen-bond acceptors (Lipinski definition) is 1. The normalized spacial score (nSPS) is 14.9. The Kier molecular flexibility index (Phi) is 2.06. The fourth-order valence-electron chi connectivity index (χ4n) is 0.804. The molecule has 0 N–H and O–H groups in total. The Morgan fingerprint density at radius 1 is 1.33 bits per heavy atom. The average molecular weight is 138 g/mol. The summed E-state index contributed by atoms with van der Waals surface area (Å²) in [4.78, 5) is 0. The van der Waals surface area contributed by atoms with Gasteiger partial charge in [0.25, 0.3) is 0 Å². The van der Waals surface area contributed by atoms with Crippen molar-refractivity contribution < 1.29 is 0 Å². The summed E-state index contributed by atoms with van der Waals surface area (Å²) in [6, 6.07) is 2.14. The van der Waals surface area contributed by atoms with Crippen LogP contribution in [0.1, 0.15) is 13.8 Å². The Morgan fingerprint density at radius 3 is 2.56 bits per heavy atom. The van der Waals surface area contributed by atoms with Crippen molar-refractivity contribution in [1.29, 1.82) is 0 Å². The second-order valence-corrected chi connectivity index (χ2v) is 2.77. The van der Waals surface area contributed by atoms with E-state index in [9.17, 15) is 0 Å². The first-order valence-corrected chi connectivity index (χ1v) is 3.92. The van der Waals surface area contributed by atoms with Gasteiger partial charge in [-0.2, -0.15) is 0 Å². The molecule has 0 spiro atoms. The van der Waals surface area contributed by atoms with Gasteiger partial charge in [0.2, 0.25) is 0 Å². The van der Waals surface area contributed by atoms with Gasteiger partial charge in [0.05, 0.1) is 0 Å². The Labute approximate surface area is 59.2 Å². The molecule has 0 amide bonds. The molecule has 0 fully saturated rings. The minimum absolute atomic E-state index is 1.35. The highest BCUT2D eigenvalue weighted by molar-refractivity contribution is 7.07. The second kappa shape index (κ2) is 2.83. The van der Waals surface area contributed by atoms with Crippen molar-refractivity contribution in [1.82, 2.24) is 0 Å². The molecule has 0 nitrogen and oxygen atoms in total. The molecule has 0 atom stereocenters. The molecule has 0 aromatic carbocycles. The molecule has 0 saturated carbocycles. The first-order chi connectivity index (χ1) is 4.38. The Balaban J connectivity index is 3.50. The summed E-state index contributed by atoms with van der Waals surface area (Å²) in [5.41, 5.74) is 0. The summed E-state index contributed by atoms with van der Waals surface area (Å²) in [5.74, 6) is 0. The molecule has 1 rings (SSSR count). The van der Waals surface area contributed by atoms with E-state index in [1.807, 2.05) is 0 Å². The van der Waals surface area contributed by atoms with Gasteiger partial charge in [-0.3, -0.25) is 0 Å². The fraction of sp³-hybridized carbons (Fsp3) is 0.250. The van der Waals surface area contributed by atoms with E-state index >= 15 is 0 Å². The lowest BCUT2D eigenvalue weighted by Crippen LogP contribution is -2.15. The van der Waals surface area contributed by atoms with Crippen LogP contribution in [-0.2, 0) is 0 Å². The maximum atomic E-state index is 2.14. The molecule has 1 aromatic rings. The van der Waals surface area contributed by atoms with E-state index < -0.39 is 0 Å². The fourth-order valence-corrected chi connectivity index (χ4v) is 1.62. The molecule has 1 heteroatoms. The van der Waals surface area contributed by atoms with Crippen LogP contribution < -0.4 is 9.75 Å². The SMILES string of the molecule is C/C=c1/ccs/c1=C/C. The van der Waals surface area contributed by atoms with Gasteiger partial charge in [0, 0.05) is 4.53 Å². The number of rotatable bonds is 0. The average Bonchev–Trinajstić information content (AvgIpc) is 2.33. The first-order valence-electron chi connectivity index (χ1n) is 3.04. The Hall–Kier alpha value is -0.560. The molecule has 0 aliphatic heterocycles. The van der Waals surface area contributed by atoms with Crippen LogP contribution in [0.25, 0.3) is 12.2 Å². The highest BCUT2D eigenvalue weighted by Gasteiger charge is 1.79. The van der Waals surface area contributed by atoms with E-state index in [-0.39, 0.29) is 0 Å². The molecule has 1 aromatic heterocycles. The van der Waals surface area contributed by atoms with Gasteiger partial charge in [-0.05, 0) is 30.5 Å². The molecule has 1 heterocycles. The van der Waals surface area contributed by atoms with E-state index in [2.05, 4.69) is 37.4 Å². The summed E-state index contributed by atoms with van der Waals surface area (Å²) in [5, 5.41) is 3.47. The molecule has 48 valence electrons. The third-order valence-corrected chi connectivity index (χ3v) is 2.30. The van der Waals surface area contributed by atoms with E-state index in [0.29, 0.717) is 0 Å². The van der Waals surface area contributed by atoms with Crippen LogP contribution in [0.2, 0.25) is 0 Å². The van der Waals surface area contributed by atoms with Gasteiger partial charge in [-0.25, -0.2) is 0 Å². The highest BCUT2D eigenvalue weighted by atomic mass is 32.1. The third kappa shape index (κ3) is 1.22. The van der Waals surface area contributed by atoms with Crippen molar-refractivity contribution in [3.05, 3.63) is 21.2 Å². The van der Waals surface area contributed by atoms with E-state index in [1.165, 1.54) is 9.75 Å². The van der Waals surface area contributed by atoms with E-state index in [4.69, 9.17) is 0 Å². The van der Waals surface area contributed by atoms with Crippen molar-refractivity contribution in [2.75, 3.05) is 0 Å². The van der Waals surface area contributed by atoms with Gasteiger partial charge in [-0.15, -0.1) is 11.3 Å². The predicted molar refractivity (Wildman–Crippen MR) is 43.8 cm³/mol. The van der Waals surface area contributed by atoms with E-state index in [1.54, 1.807) is 11.3 Å². The number of hydrogen-bond donors (Lipinski definition) is 0. The summed E-state index contributed by atoms with van der Waals surface area (Å²) < 4.78 is 1.37. The molecule has 0 aliphatic carbocycles. The zero-order valence-corrected chi connectivity index (χ0v) is 6.53. The maximum Gasteiger partial charge on any atom is 0.0296 e. The highest BCUT2D eigenvalue weighted by Crippen LogP contribution is 1.79. The van der Waals surface area contributed by atoms with Crippen LogP contribution in [-0.4, -0.2) is 0 Å². The van der Waals surface area contributed by atoms with Crippen LogP contribution in [0.3, 0.4) is 0 Å². The monoisotopic (exact) mass is 138 g/mol. The van der Waals surface area contributed by atoms with Crippen LogP contribution in [0.5, 0.6) is 0 Å². The molecular formula is C8H10S. The van der Waals surface area contributed by atoms with Crippen molar-refractivity contribution in [3.63, 3.8) is 0 Å². The number of thiophene rings is 1. The van der Waals surface area contributed by atoms with Gasteiger partial charge < -0.3 is 0 Å². The van der Waals surface area contributed by atoms with Crippen LogP contribution >= 0.6 is 11.3 Å². The summed E-state index contributed by atoms with van der Waals surface area (Å²) in [6.07, 6.45) is 4.27. The largest absolute Gasteiger partial charge is 0.144 e. The smallest absolute Gasteiger partial charge is 0.0296 e. The minimum atomic E-state index is 1.35. The lowest BCUT2D eigenvalue weighted by atomic mass is 10.4. The molecule has 0 aliphatic rings. The standard InChI is InChI=1S/C8H10S/c1-3-7-5-6-9-8(7)4-2/h3-6H,1-2H3/b7-3-,8-4+. The molecule has 9 heavy (non-hydrogen) atoms. The second-order valence-electron chi connectivity index (χ2n) is 1.82. The molecule has 0 bridgehead atoms. The molecular weight excluding hydrogens is 128 g/mol. The van der Waals surface area contributed by atoms with Gasteiger partial charge in [0.15, 0.2) is 0 Å². The zero-order chi connectivity index (χ0) is 6.69. The zero-order valence-electron chi connectivity index (χ0n) is 5.72. The van der Waals surface area contributed by atoms with E-state index in [0.717, 1.165) is 0 Å². The molecule has 0 saturated heterocycles. The topological polar surface area (TPSA) is 0 Å². The summed E-state index contributed by atoms with van der Waals surface area (Å²) >= 11 is 1.79. The molecule has 0 radical (unpaired) electrons. The summed E-state index contributed by atoms with van der Waals surface area (Å²) in [7, 11) is 0. The Bertz CT molecular complexity index is 251. The third-order valence-electron chi connectivity index (χ3n) is 1.30. The predicted octanol–water partition coefficient (Wildman–Crippen LogP) is 1.35. The van der Waals surface area contributed by atoms with Gasteiger partial charge in [0.1, 0.15) is 0 Å². The van der Waals surface area contributed by atoms with Crippen LogP contribution in [0.4, 0.5) is 0 Å². The van der Waals surface area contributed by atoms with Gasteiger partial charge in [-0.1, -0.05) is 12.2 Å². The maximum absolute atomic E-state index is 2.14. The quantitative estimate of drug-likeness (QED) is 0.507. The van der Waals surface area contributed by atoms with Crippen LogP contribution in [0.15, 0.2) is 11.4 Å². The van der Waals surface area contributed by atoms with Crippen molar-refractivity contribution in [2.45, 2.75) is 13.8 Å².